The molecule has 0 aliphatic carbocycles. The van der Waals surface area contributed by atoms with Crippen LogP contribution in [-0.4, -0.2) is 21.4 Å². The van der Waals surface area contributed by atoms with Gasteiger partial charge in [0, 0.05) is 16.9 Å². The van der Waals surface area contributed by atoms with Gasteiger partial charge in [-0.15, -0.1) is 0 Å². The van der Waals surface area contributed by atoms with Crippen molar-refractivity contribution in [2.45, 2.75) is 11.8 Å². The molecule has 152 valence electrons. The van der Waals surface area contributed by atoms with Crippen molar-refractivity contribution >= 4 is 38.7 Å². The molecule has 0 spiro atoms. The smallest absolute Gasteiger partial charge is 0.296 e. The van der Waals surface area contributed by atoms with Gasteiger partial charge in [-0.2, -0.15) is 8.42 Å². The van der Waals surface area contributed by atoms with Gasteiger partial charge in [0.1, 0.15) is 0 Å². The van der Waals surface area contributed by atoms with Gasteiger partial charge in [-0.25, -0.2) is 0 Å². The number of benzene rings is 3. The second kappa shape index (κ2) is 7.78. The fourth-order valence-corrected chi connectivity index (χ4v) is 4.00. The number of amides is 1. The monoisotopic (exact) mass is 420 g/mol. The maximum absolute atomic E-state index is 12.9. The zero-order valence-corrected chi connectivity index (χ0v) is 17.3. The van der Waals surface area contributed by atoms with E-state index in [1.54, 1.807) is 6.07 Å². The highest BCUT2D eigenvalue weighted by Crippen LogP contribution is 2.38. The summed E-state index contributed by atoms with van der Waals surface area (Å²) >= 11 is 0. The Labute approximate surface area is 175 Å². The molecule has 0 unspecified atom stereocenters. The summed E-state index contributed by atoms with van der Waals surface area (Å²) in [6, 6.07) is 21.7. The number of anilines is 2. The number of hydrogen-bond donors (Lipinski definition) is 2. The summed E-state index contributed by atoms with van der Waals surface area (Å²) < 4.78 is 29.0. The van der Waals surface area contributed by atoms with E-state index in [0.29, 0.717) is 22.5 Å². The Morgan fingerprint density at radius 3 is 2.33 bits per heavy atom. The number of hydrogen-bond acceptors (Lipinski definition) is 5. The predicted molar refractivity (Wildman–Crippen MR) is 117 cm³/mol. The number of aryl methyl sites for hydroxylation is 1. The first-order valence-electron chi connectivity index (χ1n) is 9.29. The van der Waals surface area contributed by atoms with Gasteiger partial charge in [0.15, 0.2) is 0 Å². The van der Waals surface area contributed by atoms with Gasteiger partial charge in [0.2, 0.25) is 0 Å². The van der Waals surface area contributed by atoms with Crippen molar-refractivity contribution in [3.05, 3.63) is 89.5 Å². The van der Waals surface area contributed by atoms with Crippen LogP contribution in [0.25, 0.3) is 11.3 Å². The summed E-state index contributed by atoms with van der Waals surface area (Å²) in [6.07, 6.45) is 0. The molecule has 0 radical (unpaired) electrons. The van der Waals surface area contributed by atoms with E-state index in [1.165, 1.54) is 12.1 Å². The first kappa shape index (κ1) is 19.9. The molecule has 0 atom stereocenters. The van der Waals surface area contributed by atoms with E-state index >= 15 is 0 Å². The molecule has 1 aliphatic rings. The minimum absolute atomic E-state index is 0.0134. The minimum atomic E-state index is -3.90. The highest BCUT2D eigenvalue weighted by molar-refractivity contribution is 7.86. The molecule has 1 amide bonds. The number of nitrogens with one attached hydrogen (secondary N) is 2. The molecule has 0 bridgehead atoms. The van der Waals surface area contributed by atoms with Gasteiger partial charge in [0.25, 0.3) is 16.0 Å². The lowest BCUT2D eigenvalue weighted by Gasteiger charge is -2.15. The van der Waals surface area contributed by atoms with Crippen molar-refractivity contribution in [3.63, 3.8) is 0 Å². The van der Waals surface area contributed by atoms with E-state index in [1.807, 2.05) is 61.5 Å². The average Bonchev–Trinajstić information content (AvgIpc) is 3.09. The zero-order valence-electron chi connectivity index (χ0n) is 16.5. The number of carbonyl (C=O) groups is 1. The molecule has 0 fully saturated rings. The van der Waals surface area contributed by atoms with Crippen LogP contribution < -0.4 is 10.6 Å². The first-order valence-corrected chi connectivity index (χ1v) is 10.7. The van der Waals surface area contributed by atoms with Crippen molar-refractivity contribution in [1.29, 1.82) is 0 Å². The van der Waals surface area contributed by atoms with Crippen LogP contribution in [0.1, 0.15) is 16.7 Å². The van der Waals surface area contributed by atoms with Crippen molar-refractivity contribution in [3.8, 4) is 0 Å². The minimum Gasteiger partial charge on any atom is -0.354 e. The molecule has 6 nitrogen and oxygen atoms in total. The maximum Gasteiger partial charge on any atom is 0.296 e. The molecule has 0 saturated carbocycles. The van der Waals surface area contributed by atoms with Crippen molar-refractivity contribution < 1.29 is 17.4 Å². The number of fused-ring (bicyclic) bond motifs is 1. The van der Waals surface area contributed by atoms with Crippen LogP contribution in [0, 0.1) is 6.92 Å². The summed E-state index contributed by atoms with van der Waals surface area (Å²) in [6.45, 7) is 2.00. The lowest BCUT2D eigenvalue weighted by atomic mass is 10.00. The largest absolute Gasteiger partial charge is 0.354 e. The van der Waals surface area contributed by atoms with Crippen LogP contribution in [0.5, 0.6) is 0 Å². The predicted octanol–water partition coefficient (Wildman–Crippen LogP) is 4.26. The maximum atomic E-state index is 12.9. The van der Waals surface area contributed by atoms with Gasteiger partial charge in [-0.3, -0.25) is 8.98 Å². The highest BCUT2D eigenvalue weighted by atomic mass is 32.2. The molecule has 30 heavy (non-hydrogen) atoms. The Hall–Kier alpha value is -3.42. The Kier molecular flexibility index (Phi) is 5.15. The zero-order chi connectivity index (χ0) is 21.3. The number of carbonyl (C=O) groups excluding carboxylic acids is 1. The van der Waals surface area contributed by atoms with Crippen LogP contribution in [0.15, 0.2) is 77.7 Å². The summed E-state index contributed by atoms with van der Waals surface area (Å²) in [5.74, 6) is -0.310. The van der Waals surface area contributed by atoms with E-state index in [2.05, 4.69) is 14.8 Å². The molecule has 0 aromatic heterocycles. The third kappa shape index (κ3) is 3.72. The molecular formula is C23H20N2O4S. The SMILES string of the molecule is COS(=O)(=O)c1ccc2c(c1)/C(=C(/Nc1ccc(C)cc1)c1ccccc1)C(=O)N2. The van der Waals surface area contributed by atoms with Crippen LogP contribution >= 0.6 is 0 Å². The van der Waals surface area contributed by atoms with Crippen molar-refractivity contribution in [2.24, 2.45) is 0 Å². The third-order valence-corrected chi connectivity index (χ3v) is 6.15. The summed E-state index contributed by atoms with van der Waals surface area (Å²) in [7, 11) is -2.79. The van der Waals surface area contributed by atoms with Crippen LogP contribution in [0.3, 0.4) is 0 Å². The van der Waals surface area contributed by atoms with E-state index in [4.69, 9.17) is 0 Å². The third-order valence-electron chi connectivity index (χ3n) is 4.88. The van der Waals surface area contributed by atoms with Crippen LogP contribution in [0.4, 0.5) is 11.4 Å². The molecule has 7 heteroatoms. The molecular weight excluding hydrogens is 400 g/mol. The van der Waals surface area contributed by atoms with Crippen LogP contribution in [0.2, 0.25) is 0 Å². The second-order valence-corrected chi connectivity index (χ2v) is 8.60. The summed E-state index contributed by atoms with van der Waals surface area (Å²) in [5.41, 5.74) is 4.73. The molecule has 2 N–H and O–H groups in total. The summed E-state index contributed by atoms with van der Waals surface area (Å²) in [5, 5.41) is 6.16. The molecule has 3 aromatic carbocycles. The normalized spacial score (nSPS) is 14.8. The van der Waals surface area contributed by atoms with E-state index in [0.717, 1.165) is 23.9 Å². The fourth-order valence-electron chi connectivity index (χ4n) is 3.31. The van der Waals surface area contributed by atoms with E-state index < -0.39 is 10.1 Å². The highest BCUT2D eigenvalue weighted by Gasteiger charge is 2.30. The number of rotatable bonds is 5. The van der Waals surface area contributed by atoms with Crippen molar-refractivity contribution in [2.75, 3.05) is 17.7 Å². The van der Waals surface area contributed by atoms with E-state index in [9.17, 15) is 13.2 Å². The van der Waals surface area contributed by atoms with E-state index in [-0.39, 0.29) is 10.8 Å². The Balaban J connectivity index is 1.93. The van der Waals surface area contributed by atoms with Gasteiger partial charge in [-0.05, 0) is 42.8 Å². The lowest BCUT2D eigenvalue weighted by Crippen LogP contribution is -2.10. The first-order chi connectivity index (χ1) is 14.4. The molecule has 4 rings (SSSR count). The Bertz CT molecular complexity index is 1250. The van der Waals surface area contributed by atoms with Crippen LogP contribution in [-0.2, 0) is 19.1 Å². The lowest BCUT2D eigenvalue weighted by molar-refractivity contribution is -0.110. The quantitative estimate of drug-likeness (QED) is 0.476. The molecule has 1 heterocycles. The van der Waals surface area contributed by atoms with Gasteiger partial charge < -0.3 is 10.6 Å². The Morgan fingerprint density at radius 2 is 1.67 bits per heavy atom. The Morgan fingerprint density at radius 1 is 0.967 bits per heavy atom. The summed E-state index contributed by atoms with van der Waals surface area (Å²) in [4.78, 5) is 12.9. The van der Waals surface area contributed by atoms with Gasteiger partial charge >= 0.3 is 0 Å². The standard InChI is InChI=1S/C23H20N2O4S/c1-15-8-10-17(11-9-15)24-22(16-6-4-3-5-7-16)21-19-14-18(30(27,28)29-2)12-13-20(19)25-23(21)26/h3-14,24H,1-2H3,(H,25,26)/b22-21-. The topological polar surface area (TPSA) is 84.5 Å². The fraction of sp³-hybridized carbons (Fsp3) is 0.0870. The molecule has 0 saturated heterocycles. The second-order valence-electron chi connectivity index (χ2n) is 6.89. The van der Waals surface area contributed by atoms with Gasteiger partial charge in [0.05, 0.1) is 23.3 Å². The molecule has 3 aromatic rings. The van der Waals surface area contributed by atoms with Gasteiger partial charge in [-0.1, -0.05) is 48.0 Å². The average molecular weight is 420 g/mol. The molecule has 1 aliphatic heterocycles. The van der Waals surface area contributed by atoms with Crippen molar-refractivity contribution in [1.82, 2.24) is 0 Å².